The largest absolute Gasteiger partial charge is 0.366 e. The molecule has 0 fully saturated rings. The Morgan fingerprint density at radius 1 is 0.923 bits per heavy atom. The molecule has 0 aromatic heterocycles. The third kappa shape index (κ3) is 3.70. The average molecular weight is 349 g/mol. The number of amides is 1. The van der Waals surface area contributed by atoms with Crippen LogP contribution in [0.2, 0.25) is 0 Å². The van der Waals surface area contributed by atoms with Gasteiger partial charge in [-0.2, -0.15) is 0 Å². The Morgan fingerprint density at radius 3 is 2.19 bits per heavy atom. The molecule has 0 spiro atoms. The standard InChI is InChI=1S/C22H17F2NO/c1-14-5-9-17(22(25)26)13-19(14)16-10-6-15(7-11-16)8-12-18-20(23)3-2-4-21(18)24/h2-13H,1H3,(H2,25,26)/b12-8+. The fourth-order valence-electron chi connectivity index (χ4n) is 2.71. The number of nitrogens with two attached hydrogens (primary N) is 1. The SMILES string of the molecule is Cc1ccc(C(N)=O)cc1-c1ccc(/C=C/c2c(F)cccc2F)cc1. The van der Waals surface area contributed by atoms with Crippen LogP contribution >= 0.6 is 0 Å². The minimum atomic E-state index is -0.600. The first-order chi connectivity index (χ1) is 12.5. The summed E-state index contributed by atoms with van der Waals surface area (Å²) in [5.41, 5.74) is 9.40. The number of halogens is 2. The predicted octanol–water partition coefficient (Wildman–Crippen LogP) is 5.21. The van der Waals surface area contributed by atoms with Crippen LogP contribution in [0.4, 0.5) is 8.78 Å². The topological polar surface area (TPSA) is 43.1 Å². The summed E-state index contributed by atoms with van der Waals surface area (Å²) in [5, 5.41) is 0. The van der Waals surface area contributed by atoms with Gasteiger partial charge < -0.3 is 5.73 Å². The molecule has 4 heteroatoms. The van der Waals surface area contributed by atoms with Gasteiger partial charge in [0.1, 0.15) is 11.6 Å². The molecule has 2 N–H and O–H groups in total. The molecular formula is C22H17F2NO. The number of rotatable bonds is 4. The van der Waals surface area contributed by atoms with Gasteiger partial charge in [0.05, 0.1) is 0 Å². The molecule has 0 radical (unpaired) electrons. The molecule has 26 heavy (non-hydrogen) atoms. The summed E-state index contributed by atoms with van der Waals surface area (Å²) in [6.45, 7) is 1.95. The second-order valence-corrected chi connectivity index (χ2v) is 5.98. The van der Waals surface area contributed by atoms with Crippen molar-refractivity contribution in [1.29, 1.82) is 0 Å². The van der Waals surface area contributed by atoms with Gasteiger partial charge in [0, 0.05) is 11.1 Å². The van der Waals surface area contributed by atoms with Gasteiger partial charge in [-0.15, -0.1) is 0 Å². The lowest BCUT2D eigenvalue weighted by Crippen LogP contribution is -2.10. The highest BCUT2D eigenvalue weighted by Gasteiger charge is 2.07. The van der Waals surface area contributed by atoms with Crippen LogP contribution in [0.1, 0.15) is 27.0 Å². The molecule has 0 saturated heterocycles. The molecule has 3 rings (SSSR count). The molecule has 0 aliphatic heterocycles. The Morgan fingerprint density at radius 2 is 1.58 bits per heavy atom. The highest BCUT2D eigenvalue weighted by atomic mass is 19.1. The van der Waals surface area contributed by atoms with Crippen molar-refractivity contribution in [2.75, 3.05) is 0 Å². The maximum atomic E-state index is 13.7. The fourth-order valence-corrected chi connectivity index (χ4v) is 2.71. The molecule has 130 valence electrons. The number of carbonyl (C=O) groups excluding carboxylic acids is 1. The minimum Gasteiger partial charge on any atom is -0.366 e. The lowest BCUT2D eigenvalue weighted by Gasteiger charge is -2.08. The molecule has 1 amide bonds. The van der Waals surface area contributed by atoms with Gasteiger partial charge in [0.15, 0.2) is 0 Å². The van der Waals surface area contributed by atoms with Crippen LogP contribution in [0.5, 0.6) is 0 Å². The van der Waals surface area contributed by atoms with Crippen LogP contribution in [0, 0.1) is 18.6 Å². The Kier molecular flexibility index (Phi) is 4.94. The van der Waals surface area contributed by atoms with Crippen molar-refractivity contribution in [2.45, 2.75) is 6.92 Å². The smallest absolute Gasteiger partial charge is 0.248 e. The van der Waals surface area contributed by atoms with Crippen LogP contribution in [0.15, 0.2) is 60.7 Å². The first-order valence-electron chi connectivity index (χ1n) is 8.08. The van der Waals surface area contributed by atoms with E-state index in [1.807, 2.05) is 37.3 Å². The van der Waals surface area contributed by atoms with Gasteiger partial charge in [-0.3, -0.25) is 4.79 Å². The first-order valence-corrected chi connectivity index (χ1v) is 8.08. The Bertz CT molecular complexity index is 971. The average Bonchev–Trinajstić information content (AvgIpc) is 2.62. The van der Waals surface area contributed by atoms with Gasteiger partial charge in [-0.25, -0.2) is 8.78 Å². The number of aryl methyl sites for hydroxylation is 1. The van der Waals surface area contributed by atoms with Crippen molar-refractivity contribution in [3.63, 3.8) is 0 Å². The lowest BCUT2D eigenvalue weighted by atomic mass is 9.97. The number of benzene rings is 3. The highest BCUT2D eigenvalue weighted by Crippen LogP contribution is 2.25. The van der Waals surface area contributed by atoms with Crippen molar-refractivity contribution < 1.29 is 13.6 Å². The lowest BCUT2D eigenvalue weighted by molar-refractivity contribution is 0.100. The van der Waals surface area contributed by atoms with Crippen LogP contribution in [0.3, 0.4) is 0 Å². The first kappa shape index (κ1) is 17.5. The van der Waals surface area contributed by atoms with Crippen molar-refractivity contribution in [3.05, 3.63) is 94.6 Å². The van der Waals surface area contributed by atoms with E-state index in [-0.39, 0.29) is 5.56 Å². The van der Waals surface area contributed by atoms with Crippen LogP contribution in [-0.2, 0) is 0 Å². The zero-order valence-corrected chi connectivity index (χ0v) is 14.2. The molecular weight excluding hydrogens is 332 g/mol. The van der Waals surface area contributed by atoms with Gasteiger partial charge >= 0.3 is 0 Å². The van der Waals surface area contributed by atoms with E-state index in [1.54, 1.807) is 18.2 Å². The zero-order chi connectivity index (χ0) is 18.7. The summed E-state index contributed by atoms with van der Waals surface area (Å²) in [4.78, 5) is 11.4. The highest BCUT2D eigenvalue weighted by molar-refractivity contribution is 5.94. The van der Waals surface area contributed by atoms with E-state index in [4.69, 9.17) is 5.73 Å². The van der Waals surface area contributed by atoms with E-state index in [1.165, 1.54) is 24.3 Å². The van der Waals surface area contributed by atoms with Crippen LogP contribution in [-0.4, -0.2) is 5.91 Å². The molecule has 3 aromatic carbocycles. The van der Waals surface area contributed by atoms with Gasteiger partial charge in [0.25, 0.3) is 0 Å². The Labute approximate surface area is 150 Å². The van der Waals surface area contributed by atoms with Crippen molar-refractivity contribution in [2.24, 2.45) is 5.73 Å². The summed E-state index contributed by atoms with van der Waals surface area (Å²) >= 11 is 0. The molecule has 0 saturated carbocycles. The summed E-state index contributed by atoms with van der Waals surface area (Å²) in [6.07, 6.45) is 3.07. The van der Waals surface area contributed by atoms with Gasteiger partial charge in [-0.05, 0) is 59.5 Å². The molecule has 0 bridgehead atoms. The summed E-state index contributed by atoms with van der Waals surface area (Å²) < 4.78 is 27.3. The Balaban J connectivity index is 1.89. The van der Waals surface area contributed by atoms with E-state index < -0.39 is 17.5 Å². The quantitative estimate of drug-likeness (QED) is 0.646. The number of hydrogen-bond donors (Lipinski definition) is 1. The molecule has 0 heterocycles. The molecule has 3 aromatic rings. The predicted molar refractivity (Wildman–Crippen MR) is 100 cm³/mol. The maximum absolute atomic E-state index is 13.7. The van der Waals surface area contributed by atoms with E-state index in [0.717, 1.165) is 22.3 Å². The zero-order valence-electron chi connectivity index (χ0n) is 14.2. The summed E-state index contributed by atoms with van der Waals surface area (Å²) in [7, 11) is 0. The summed E-state index contributed by atoms with van der Waals surface area (Å²) in [5.74, 6) is -1.67. The van der Waals surface area contributed by atoms with Crippen molar-refractivity contribution >= 4 is 18.1 Å². The van der Waals surface area contributed by atoms with Gasteiger partial charge in [-0.1, -0.05) is 42.5 Å². The third-order valence-electron chi connectivity index (χ3n) is 4.19. The molecule has 0 unspecified atom stereocenters. The van der Waals surface area contributed by atoms with Gasteiger partial charge in [0.2, 0.25) is 5.91 Å². The van der Waals surface area contributed by atoms with E-state index >= 15 is 0 Å². The number of carbonyl (C=O) groups is 1. The third-order valence-corrected chi connectivity index (χ3v) is 4.19. The van der Waals surface area contributed by atoms with E-state index in [9.17, 15) is 13.6 Å². The molecule has 2 nitrogen and oxygen atoms in total. The number of hydrogen-bond acceptors (Lipinski definition) is 1. The molecule has 0 aliphatic rings. The molecule has 0 atom stereocenters. The minimum absolute atomic E-state index is 0.0680. The van der Waals surface area contributed by atoms with E-state index in [0.29, 0.717) is 5.56 Å². The second kappa shape index (κ2) is 7.31. The van der Waals surface area contributed by atoms with Crippen molar-refractivity contribution in [3.8, 4) is 11.1 Å². The normalized spacial score (nSPS) is 11.0. The maximum Gasteiger partial charge on any atom is 0.248 e. The van der Waals surface area contributed by atoms with Crippen molar-refractivity contribution in [1.82, 2.24) is 0 Å². The molecule has 0 aliphatic carbocycles. The van der Waals surface area contributed by atoms with E-state index in [2.05, 4.69) is 0 Å². The fraction of sp³-hybridized carbons (Fsp3) is 0.0455. The summed E-state index contributed by atoms with van der Waals surface area (Å²) in [6, 6.07) is 16.6. The van der Waals surface area contributed by atoms with Crippen LogP contribution in [0.25, 0.3) is 23.3 Å². The second-order valence-electron chi connectivity index (χ2n) is 5.98. The van der Waals surface area contributed by atoms with Crippen LogP contribution < -0.4 is 5.73 Å². The monoisotopic (exact) mass is 349 g/mol. The Hall–Kier alpha value is -3.27. The number of primary amides is 1.